The lowest BCUT2D eigenvalue weighted by Crippen LogP contribution is -2.24. The van der Waals surface area contributed by atoms with E-state index in [-0.39, 0.29) is 6.04 Å². The number of rotatable bonds is 0. The first kappa shape index (κ1) is 6.65. The summed E-state index contributed by atoms with van der Waals surface area (Å²) in [4.78, 5) is 8.55. The van der Waals surface area contributed by atoms with Crippen molar-refractivity contribution in [2.24, 2.45) is 9.98 Å². The Bertz CT molecular complexity index is 401. The summed E-state index contributed by atoms with van der Waals surface area (Å²) in [6, 6.07) is 0.0532. The molecule has 0 aromatic heterocycles. The Labute approximate surface area is 75.0 Å². The lowest BCUT2D eigenvalue weighted by Gasteiger charge is -2.19. The molecule has 4 heteroatoms. The van der Waals surface area contributed by atoms with Crippen LogP contribution in [0.4, 0.5) is 0 Å². The zero-order valence-corrected chi connectivity index (χ0v) is 6.77. The second-order valence-electron chi connectivity index (χ2n) is 2.94. The Morgan fingerprint density at radius 2 is 2.46 bits per heavy atom. The van der Waals surface area contributed by atoms with Crippen molar-refractivity contribution in [1.29, 1.82) is 0 Å². The molecule has 0 aliphatic carbocycles. The van der Waals surface area contributed by atoms with Gasteiger partial charge in [-0.25, -0.2) is 0 Å². The van der Waals surface area contributed by atoms with Gasteiger partial charge in [-0.15, -0.1) is 0 Å². The molecule has 0 radical (unpaired) electrons. The third-order valence-electron chi connectivity index (χ3n) is 2.18. The molecule has 1 unspecified atom stereocenters. The van der Waals surface area contributed by atoms with Crippen LogP contribution < -0.4 is 5.32 Å². The highest BCUT2D eigenvalue weighted by Gasteiger charge is 2.28. The predicted octanol–water partition coefficient (Wildman–Crippen LogP) is 0.710. The third-order valence-corrected chi connectivity index (χ3v) is 2.18. The van der Waals surface area contributed by atoms with Crippen molar-refractivity contribution in [2.75, 3.05) is 0 Å². The molecule has 0 bridgehead atoms. The van der Waals surface area contributed by atoms with Crippen LogP contribution in [-0.2, 0) is 4.74 Å². The van der Waals surface area contributed by atoms with Gasteiger partial charge in [0.15, 0.2) is 0 Å². The van der Waals surface area contributed by atoms with Gasteiger partial charge in [-0.3, -0.25) is 9.98 Å². The SMILES string of the molecule is C1=CC2=NC=C3NC=NC3C2=CO1. The Morgan fingerprint density at radius 3 is 3.46 bits per heavy atom. The van der Waals surface area contributed by atoms with Gasteiger partial charge in [-0.1, -0.05) is 0 Å². The number of allylic oxidation sites excluding steroid dienone is 1. The Hall–Kier alpha value is -1.84. The van der Waals surface area contributed by atoms with Crippen molar-refractivity contribution in [2.45, 2.75) is 6.04 Å². The number of ether oxygens (including phenoxy) is 1. The van der Waals surface area contributed by atoms with Gasteiger partial charge in [0.2, 0.25) is 0 Å². The van der Waals surface area contributed by atoms with Crippen molar-refractivity contribution >= 4 is 12.1 Å². The summed E-state index contributed by atoms with van der Waals surface area (Å²) in [5.41, 5.74) is 2.95. The Morgan fingerprint density at radius 1 is 1.46 bits per heavy atom. The van der Waals surface area contributed by atoms with Crippen LogP contribution in [0.3, 0.4) is 0 Å². The minimum absolute atomic E-state index is 0.0532. The van der Waals surface area contributed by atoms with Gasteiger partial charge in [-0.2, -0.15) is 0 Å². The standard InChI is InChI=1S/C9H7N3O/c1-2-13-4-6-7(1)10-3-8-9(6)12-5-11-8/h1-5,9H,(H,11,12). The highest BCUT2D eigenvalue weighted by molar-refractivity contribution is 6.11. The van der Waals surface area contributed by atoms with E-state index in [1.807, 2.05) is 6.08 Å². The van der Waals surface area contributed by atoms with Crippen molar-refractivity contribution in [3.63, 3.8) is 0 Å². The first-order chi connectivity index (χ1) is 6.45. The molecule has 3 rings (SSSR count). The lowest BCUT2D eigenvalue weighted by atomic mass is 9.99. The molecule has 1 atom stereocenters. The number of nitrogens with zero attached hydrogens (tertiary/aromatic N) is 2. The summed E-state index contributed by atoms with van der Waals surface area (Å²) in [7, 11) is 0. The minimum Gasteiger partial charge on any atom is -0.472 e. The average molecular weight is 173 g/mol. The number of aliphatic imine (C=N–C) groups is 2. The van der Waals surface area contributed by atoms with Gasteiger partial charge in [0, 0.05) is 11.8 Å². The molecule has 64 valence electrons. The maximum atomic E-state index is 5.09. The van der Waals surface area contributed by atoms with Crippen LogP contribution in [0.15, 0.2) is 46.1 Å². The molecule has 0 aromatic carbocycles. The van der Waals surface area contributed by atoms with E-state index in [1.165, 1.54) is 0 Å². The van der Waals surface area contributed by atoms with Gasteiger partial charge in [-0.05, 0) is 6.08 Å². The maximum absolute atomic E-state index is 5.09. The smallest absolute Gasteiger partial charge is 0.123 e. The normalized spacial score (nSPS) is 27.7. The van der Waals surface area contributed by atoms with Crippen LogP contribution >= 0.6 is 0 Å². The van der Waals surface area contributed by atoms with Crippen molar-refractivity contribution < 1.29 is 4.74 Å². The van der Waals surface area contributed by atoms with Crippen LogP contribution in [0.1, 0.15) is 0 Å². The van der Waals surface area contributed by atoms with Gasteiger partial charge in [0.1, 0.15) is 6.04 Å². The quantitative estimate of drug-likeness (QED) is 0.586. The van der Waals surface area contributed by atoms with Gasteiger partial charge in [0.25, 0.3) is 0 Å². The van der Waals surface area contributed by atoms with Gasteiger partial charge >= 0.3 is 0 Å². The van der Waals surface area contributed by atoms with E-state index in [2.05, 4.69) is 15.3 Å². The largest absolute Gasteiger partial charge is 0.472 e. The molecule has 3 aliphatic heterocycles. The van der Waals surface area contributed by atoms with E-state index in [9.17, 15) is 0 Å². The summed E-state index contributed by atoms with van der Waals surface area (Å²) in [6.07, 6.45) is 8.65. The molecule has 0 fully saturated rings. The summed E-state index contributed by atoms with van der Waals surface area (Å²) < 4.78 is 5.09. The molecule has 0 saturated carbocycles. The number of hydrogen-bond acceptors (Lipinski definition) is 4. The van der Waals surface area contributed by atoms with Crippen LogP contribution in [0.25, 0.3) is 0 Å². The molecule has 4 nitrogen and oxygen atoms in total. The predicted molar refractivity (Wildman–Crippen MR) is 49.2 cm³/mol. The van der Waals surface area contributed by atoms with Crippen molar-refractivity contribution in [3.05, 3.63) is 36.1 Å². The molecule has 0 saturated heterocycles. The second-order valence-corrected chi connectivity index (χ2v) is 2.94. The fraction of sp³-hybridized carbons (Fsp3) is 0.111. The molecular weight excluding hydrogens is 166 g/mol. The highest BCUT2D eigenvalue weighted by Crippen LogP contribution is 2.25. The Balaban J connectivity index is 2.11. The number of fused-ring (bicyclic) bond motifs is 3. The Kier molecular flexibility index (Phi) is 1.19. The number of hydrogen-bond donors (Lipinski definition) is 1. The fourth-order valence-corrected chi connectivity index (χ4v) is 1.54. The summed E-state index contributed by atoms with van der Waals surface area (Å²) in [6.45, 7) is 0. The molecule has 3 aliphatic rings. The van der Waals surface area contributed by atoms with E-state index in [4.69, 9.17) is 4.74 Å². The second kappa shape index (κ2) is 2.32. The fourth-order valence-electron chi connectivity index (χ4n) is 1.54. The maximum Gasteiger partial charge on any atom is 0.123 e. The van der Waals surface area contributed by atoms with Crippen LogP contribution in [-0.4, -0.2) is 18.1 Å². The summed E-state index contributed by atoms with van der Waals surface area (Å²) in [5, 5.41) is 3.03. The van der Waals surface area contributed by atoms with E-state index in [0.29, 0.717) is 0 Å². The minimum atomic E-state index is 0.0532. The zero-order valence-electron chi connectivity index (χ0n) is 6.77. The topological polar surface area (TPSA) is 46.0 Å². The molecule has 13 heavy (non-hydrogen) atoms. The van der Waals surface area contributed by atoms with Gasteiger partial charge < -0.3 is 10.1 Å². The van der Waals surface area contributed by atoms with Crippen molar-refractivity contribution in [3.8, 4) is 0 Å². The molecule has 1 N–H and O–H groups in total. The van der Waals surface area contributed by atoms with Crippen LogP contribution in [0.2, 0.25) is 0 Å². The summed E-state index contributed by atoms with van der Waals surface area (Å²) >= 11 is 0. The van der Waals surface area contributed by atoms with Crippen molar-refractivity contribution in [1.82, 2.24) is 5.32 Å². The van der Waals surface area contributed by atoms with Gasteiger partial charge in [0.05, 0.1) is 30.3 Å². The number of nitrogens with one attached hydrogen (secondary N) is 1. The van der Waals surface area contributed by atoms with E-state index in [1.54, 1.807) is 25.1 Å². The molecule has 0 amide bonds. The van der Waals surface area contributed by atoms with E-state index in [0.717, 1.165) is 17.0 Å². The molecule has 0 aromatic rings. The van der Waals surface area contributed by atoms with E-state index >= 15 is 0 Å². The molecular formula is C9H7N3O. The zero-order chi connectivity index (χ0) is 8.67. The average Bonchev–Trinajstić information content (AvgIpc) is 2.65. The van der Waals surface area contributed by atoms with Crippen LogP contribution in [0.5, 0.6) is 0 Å². The van der Waals surface area contributed by atoms with Crippen LogP contribution in [0, 0.1) is 0 Å². The third kappa shape index (κ3) is 0.853. The lowest BCUT2D eigenvalue weighted by molar-refractivity contribution is 0.395. The molecule has 0 spiro atoms. The highest BCUT2D eigenvalue weighted by atomic mass is 16.5. The first-order valence-electron chi connectivity index (χ1n) is 4.03. The summed E-state index contributed by atoms with van der Waals surface area (Å²) in [5.74, 6) is 0. The molecule has 3 heterocycles. The van der Waals surface area contributed by atoms with E-state index < -0.39 is 0 Å². The monoisotopic (exact) mass is 173 g/mol. The first-order valence-corrected chi connectivity index (χ1v) is 4.03.